The Balaban J connectivity index is 2.20. The summed E-state index contributed by atoms with van der Waals surface area (Å²) in [6, 6.07) is 7.56. The van der Waals surface area contributed by atoms with Crippen molar-refractivity contribution in [3.8, 4) is 0 Å². The van der Waals surface area contributed by atoms with Gasteiger partial charge in [0.2, 0.25) is 0 Å². The molecule has 2 rings (SSSR count). The van der Waals surface area contributed by atoms with Crippen LogP contribution in [0.1, 0.15) is 41.6 Å². The van der Waals surface area contributed by atoms with E-state index in [0.29, 0.717) is 22.3 Å². The first-order valence-corrected chi connectivity index (χ1v) is 7.82. The second-order valence-electron chi connectivity index (χ2n) is 4.76. The van der Waals surface area contributed by atoms with Crippen molar-refractivity contribution in [3.05, 3.63) is 52.6 Å². The van der Waals surface area contributed by atoms with E-state index in [9.17, 15) is 4.79 Å². The first-order valence-electron chi connectivity index (χ1n) is 6.45. The van der Waals surface area contributed by atoms with Gasteiger partial charge in [-0.15, -0.1) is 11.8 Å². The average molecular weight is 323 g/mol. The summed E-state index contributed by atoms with van der Waals surface area (Å²) in [5, 5.41) is 9.84. The maximum absolute atomic E-state index is 11.2. The molecule has 0 amide bonds. The molecule has 110 valence electrons. The largest absolute Gasteiger partial charge is 0.478 e. The van der Waals surface area contributed by atoms with Crippen LogP contribution in [-0.2, 0) is 5.75 Å². The molecule has 1 N–H and O–H groups in total. The van der Waals surface area contributed by atoms with Crippen molar-refractivity contribution in [3.63, 3.8) is 0 Å². The van der Waals surface area contributed by atoms with Crippen molar-refractivity contribution >= 4 is 29.3 Å². The summed E-state index contributed by atoms with van der Waals surface area (Å²) in [6.07, 6.45) is 1.38. The quantitative estimate of drug-likeness (QED) is 0.834. The lowest BCUT2D eigenvalue weighted by atomic mass is 10.1. The molecule has 0 aliphatic heterocycles. The molecule has 4 nitrogen and oxygen atoms in total. The number of hydrogen-bond acceptors (Lipinski definition) is 4. The fraction of sp³-hybridized carbons (Fsp3) is 0.267. The molecule has 1 aromatic heterocycles. The maximum Gasteiger partial charge on any atom is 0.339 e. The molecule has 0 saturated heterocycles. The predicted octanol–water partition coefficient (Wildman–Crippen LogP) is 4.24. The van der Waals surface area contributed by atoms with E-state index in [4.69, 9.17) is 16.7 Å². The predicted molar refractivity (Wildman–Crippen MR) is 84.1 cm³/mol. The van der Waals surface area contributed by atoms with Gasteiger partial charge >= 0.3 is 5.97 Å². The lowest BCUT2D eigenvalue weighted by molar-refractivity contribution is 0.0694. The summed E-state index contributed by atoms with van der Waals surface area (Å²) in [4.78, 5) is 20.6. The van der Waals surface area contributed by atoms with Gasteiger partial charge in [0.15, 0.2) is 0 Å². The highest BCUT2D eigenvalue weighted by Gasteiger charge is 2.16. The van der Waals surface area contributed by atoms with Crippen molar-refractivity contribution < 1.29 is 9.90 Å². The van der Waals surface area contributed by atoms with Gasteiger partial charge in [0.25, 0.3) is 0 Å². The zero-order valence-electron chi connectivity index (χ0n) is 11.7. The number of rotatable bonds is 5. The minimum atomic E-state index is -0.996. The van der Waals surface area contributed by atoms with Crippen molar-refractivity contribution in [1.29, 1.82) is 0 Å². The van der Waals surface area contributed by atoms with Crippen LogP contribution in [-0.4, -0.2) is 21.0 Å². The Labute approximate surface area is 132 Å². The van der Waals surface area contributed by atoms with E-state index in [1.807, 2.05) is 38.1 Å². The summed E-state index contributed by atoms with van der Waals surface area (Å²) >= 11 is 7.63. The van der Waals surface area contributed by atoms with Crippen molar-refractivity contribution in [2.75, 3.05) is 0 Å². The van der Waals surface area contributed by atoms with Gasteiger partial charge in [-0.05, 0) is 18.1 Å². The molecule has 0 aliphatic rings. The first-order chi connectivity index (χ1) is 9.99. The van der Waals surface area contributed by atoms with Gasteiger partial charge in [-0.25, -0.2) is 14.8 Å². The van der Waals surface area contributed by atoms with E-state index in [0.717, 1.165) is 4.90 Å². The number of thioether (sulfide) groups is 1. The molecule has 0 aliphatic carbocycles. The van der Waals surface area contributed by atoms with E-state index in [1.165, 1.54) is 18.0 Å². The highest BCUT2D eigenvalue weighted by molar-refractivity contribution is 7.98. The van der Waals surface area contributed by atoms with Crippen LogP contribution in [0.4, 0.5) is 0 Å². The van der Waals surface area contributed by atoms with Crippen molar-refractivity contribution in [2.24, 2.45) is 0 Å². The van der Waals surface area contributed by atoms with Crippen LogP contribution in [0.25, 0.3) is 0 Å². The van der Waals surface area contributed by atoms with Crippen molar-refractivity contribution in [1.82, 2.24) is 9.97 Å². The number of carboxylic acids is 1. The molecule has 0 unspecified atom stereocenters. The van der Waals surface area contributed by atoms with Gasteiger partial charge in [-0.3, -0.25) is 0 Å². The van der Waals surface area contributed by atoms with Gasteiger partial charge in [-0.1, -0.05) is 37.6 Å². The van der Waals surface area contributed by atoms with Gasteiger partial charge < -0.3 is 5.11 Å². The second kappa shape index (κ2) is 6.91. The summed E-state index contributed by atoms with van der Waals surface area (Å²) < 4.78 is 0. The van der Waals surface area contributed by atoms with Crippen LogP contribution in [0.3, 0.4) is 0 Å². The zero-order valence-corrected chi connectivity index (χ0v) is 13.3. The van der Waals surface area contributed by atoms with Crippen LogP contribution in [0.5, 0.6) is 0 Å². The molecule has 0 fully saturated rings. The van der Waals surface area contributed by atoms with Crippen LogP contribution in [0, 0.1) is 0 Å². The molecular formula is C15H15ClN2O2S. The number of carbonyl (C=O) groups is 1. The minimum absolute atomic E-state index is 0.0307. The zero-order chi connectivity index (χ0) is 15.4. The van der Waals surface area contributed by atoms with Crippen LogP contribution < -0.4 is 0 Å². The molecule has 1 aromatic carbocycles. The lowest BCUT2D eigenvalue weighted by Crippen LogP contribution is -2.09. The topological polar surface area (TPSA) is 63.1 Å². The number of halogens is 1. The van der Waals surface area contributed by atoms with E-state index in [1.54, 1.807) is 0 Å². The molecule has 0 spiro atoms. The summed E-state index contributed by atoms with van der Waals surface area (Å²) in [6.45, 7) is 3.83. The third kappa shape index (κ3) is 3.95. The Morgan fingerprint density at radius 1 is 1.38 bits per heavy atom. The Morgan fingerprint density at radius 2 is 2.10 bits per heavy atom. The Hall–Kier alpha value is -1.59. The van der Waals surface area contributed by atoms with E-state index >= 15 is 0 Å². The Morgan fingerprint density at radius 3 is 2.71 bits per heavy atom. The minimum Gasteiger partial charge on any atom is -0.478 e. The second-order valence-corrected chi connectivity index (χ2v) is 6.19. The molecule has 1 heterocycles. The standard InChI is InChI=1S/C15H15ClN2O2S/c1-9(2)14-10(15(19)20)7-17-13(18-14)8-21-12-6-4-3-5-11(12)16/h3-7,9H,8H2,1-2H3,(H,19,20). The third-order valence-electron chi connectivity index (χ3n) is 2.84. The molecule has 21 heavy (non-hydrogen) atoms. The van der Waals surface area contributed by atoms with E-state index in [-0.39, 0.29) is 11.5 Å². The summed E-state index contributed by atoms with van der Waals surface area (Å²) in [5.41, 5.74) is 0.726. The lowest BCUT2D eigenvalue weighted by Gasteiger charge is -2.10. The molecule has 0 bridgehead atoms. The van der Waals surface area contributed by atoms with Crippen LogP contribution in [0.2, 0.25) is 5.02 Å². The van der Waals surface area contributed by atoms with E-state index < -0.39 is 5.97 Å². The summed E-state index contributed by atoms with van der Waals surface area (Å²) in [7, 11) is 0. The number of aromatic nitrogens is 2. The third-order valence-corrected chi connectivity index (χ3v) is 4.35. The molecule has 0 atom stereocenters. The molecule has 0 radical (unpaired) electrons. The van der Waals surface area contributed by atoms with Gasteiger partial charge in [0.05, 0.1) is 22.0 Å². The average Bonchev–Trinajstić information content (AvgIpc) is 2.46. The number of aromatic carboxylic acids is 1. The Kier molecular flexibility index (Phi) is 5.20. The highest BCUT2D eigenvalue weighted by Crippen LogP contribution is 2.29. The number of hydrogen-bond donors (Lipinski definition) is 1. The normalized spacial score (nSPS) is 10.9. The van der Waals surface area contributed by atoms with E-state index in [2.05, 4.69) is 9.97 Å². The maximum atomic E-state index is 11.2. The number of carboxylic acid groups (broad SMARTS) is 1. The SMILES string of the molecule is CC(C)c1nc(CSc2ccccc2Cl)ncc1C(=O)O. The number of nitrogens with zero attached hydrogens (tertiary/aromatic N) is 2. The van der Waals surface area contributed by atoms with Gasteiger partial charge in [0, 0.05) is 11.1 Å². The Bertz CT molecular complexity index is 662. The van der Waals surface area contributed by atoms with Gasteiger partial charge in [0.1, 0.15) is 5.82 Å². The molecule has 6 heteroatoms. The first kappa shape index (κ1) is 15.8. The monoisotopic (exact) mass is 322 g/mol. The van der Waals surface area contributed by atoms with Crippen molar-refractivity contribution in [2.45, 2.75) is 30.4 Å². The summed E-state index contributed by atoms with van der Waals surface area (Å²) in [5.74, 6) is 0.185. The molecule has 2 aromatic rings. The molecule has 0 saturated carbocycles. The van der Waals surface area contributed by atoms with Crippen LogP contribution in [0.15, 0.2) is 35.4 Å². The number of benzene rings is 1. The fourth-order valence-corrected chi connectivity index (χ4v) is 2.92. The van der Waals surface area contributed by atoms with Gasteiger partial charge in [-0.2, -0.15) is 0 Å². The molecular weight excluding hydrogens is 308 g/mol. The smallest absolute Gasteiger partial charge is 0.339 e. The van der Waals surface area contributed by atoms with Crippen LogP contribution >= 0.6 is 23.4 Å². The fourth-order valence-electron chi connectivity index (χ4n) is 1.81. The highest BCUT2D eigenvalue weighted by atomic mass is 35.5.